The van der Waals surface area contributed by atoms with E-state index in [-0.39, 0.29) is 22.8 Å². The number of primary sulfonamides is 1. The van der Waals surface area contributed by atoms with E-state index in [1.807, 2.05) is 13.8 Å². The van der Waals surface area contributed by atoms with Crippen molar-refractivity contribution >= 4 is 15.9 Å². The molecule has 20 heavy (non-hydrogen) atoms. The molecule has 1 aromatic carbocycles. The van der Waals surface area contributed by atoms with Crippen molar-refractivity contribution in [2.45, 2.75) is 31.2 Å². The molecule has 5 N–H and O–H groups in total. The molecule has 112 valence electrons. The lowest BCUT2D eigenvalue weighted by atomic mass is 10.0. The highest BCUT2D eigenvalue weighted by molar-refractivity contribution is 7.89. The van der Waals surface area contributed by atoms with Crippen LogP contribution in [0.3, 0.4) is 0 Å². The summed E-state index contributed by atoms with van der Waals surface area (Å²) in [6.07, 6.45) is 0.680. The lowest BCUT2D eigenvalue weighted by Crippen LogP contribution is -2.36. The predicted octanol–water partition coefficient (Wildman–Crippen LogP) is 0.496. The fourth-order valence-electron chi connectivity index (χ4n) is 1.82. The van der Waals surface area contributed by atoms with Crippen LogP contribution in [0.2, 0.25) is 0 Å². The molecule has 0 aromatic heterocycles. The Hall–Kier alpha value is -1.44. The number of hydrogen-bond donors (Lipinski definition) is 3. The summed E-state index contributed by atoms with van der Waals surface area (Å²) in [6, 6.07) is 5.89. The highest BCUT2D eigenvalue weighted by Crippen LogP contribution is 2.16. The van der Waals surface area contributed by atoms with Gasteiger partial charge in [0, 0.05) is 12.5 Å². The lowest BCUT2D eigenvalue weighted by molar-refractivity contribution is -0.125. The maximum atomic E-state index is 11.9. The molecule has 6 nitrogen and oxygen atoms in total. The van der Waals surface area contributed by atoms with Crippen LogP contribution < -0.4 is 16.2 Å². The molecule has 1 rings (SSSR count). The van der Waals surface area contributed by atoms with Crippen molar-refractivity contribution in [2.75, 3.05) is 6.54 Å². The van der Waals surface area contributed by atoms with Crippen molar-refractivity contribution in [1.82, 2.24) is 5.32 Å². The molecule has 0 bridgehead atoms. The number of rotatable bonds is 6. The number of hydrogen-bond acceptors (Lipinski definition) is 4. The molecule has 7 heteroatoms. The summed E-state index contributed by atoms with van der Waals surface area (Å²) in [5.41, 5.74) is 6.33. The van der Waals surface area contributed by atoms with Gasteiger partial charge in [-0.2, -0.15) is 0 Å². The van der Waals surface area contributed by atoms with Gasteiger partial charge in [-0.15, -0.1) is 0 Å². The minimum absolute atomic E-state index is 0.0492. The zero-order valence-electron chi connectivity index (χ0n) is 11.7. The van der Waals surface area contributed by atoms with Crippen molar-refractivity contribution in [1.29, 1.82) is 0 Å². The van der Waals surface area contributed by atoms with Crippen molar-refractivity contribution < 1.29 is 13.2 Å². The second kappa shape index (κ2) is 6.83. The van der Waals surface area contributed by atoms with Crippen LogP contribution in [0.25, 0.3) is 0 Å². The molecule has 0 aliphatic heterocycles. The number of benzene rings is 1. The van der Waals surface area contributed by atoms with Gasteiger partial charge < -0.3 is 11.1 Å². The molecule has 1 amide bonds. The first-order valence-electron chi connectivity index (χ1n) is 6.42. The summed E-state index contributed by atoms with van der Waals surface area (Å²) < 4.78 is 22.3. The van der Waals surface area contributed by atoms with Gasteiger partial charge in [0.15, 0.2) is 0 Å². The summed E-state index contributed by atoms with van der Waals surface area (Å²) >= 11 is 0. The third-order valence-corrected chi connectivity index (χ3v) is 4.14. The molecule has 0 fully saturated rings. The molecule has 2 atom stereocenters. The third kappa shape index (κ3) is 4.29. The predicted molar refractivity (Wildman–Crippen MR) is 77.2 cm³/mol. The van der Waals surface area contributed by atoms with Gasteiger partial charge in [0.05, 0.1) is 10.9 Å². The molecule has 0 spiro atoms. The largest absolute Gasteiger partial charge is 0.349 e. The quantitative estimate of drug-likeness (QED) is 0.709. The Bertz CT molecular complexity index is 551. The minimum atomic E-state index is -3.69. The van der Waals surface area contributed by atoms with Gasteiger partial charge in [-0.25, -0.2) is 13.6 Å². The average Bonchev–Trinajstić information content (AvgIpc) is 2.39. The second-order valence-corrected chi connectivity index (χ2v) is 6.25. The van der Waals surface area contributed by atoms with Crippen LogP contribution in [-0.4, -0.2) is 20.9 Å². The molecule has 0 aliphatic rings. The smallest absolute Gasteiger partial charge is 0.238 e. The first-order chi connectivity index (χ1) is 9.29. The Kier molecular flexibility index (Phi) is 5.67. The van der Waals surface area contributed by atoms with Gasteiger partial charge in [-0.1, -0.05) is 19.1 Å². The topological polar surface area (TPSA) is 115 Å². The zero-order chi connectivity index (χ0) is 15.3. The van der Waals surface area contributed by atoms with E-state index < -0.39 is 10.0 Å². The van der Waals surface area contributed by atoms with Gasteiger partial charge in [0.2, 0.25) is 15.9 Å². The number of sulfonamides is 1. The van der Waals surface area contributed by atoms with E-state index in [1.54, 1.807) is 12.1 Å². The van der Waals surface area contributed by atoms with Crippen molar-refractivity contribution in [3.63, 3.8) is 0 Å². The Balaban J connectivity index is 2.78. The van der Waals surface area contributed by atoms with Crippen LogP contribution in [-0.2, 0) is 14.8 Å². The summed E-state index contributed by atoms with van der Waals surface area (Å²) in [5, 5.41) is 7.88. The Labute approximate surface area is 119 Å². The SMILES string of the molecule is CCC(CN)C(=O)NC(C)c1ccc(S(N)(=O)=O)cc1. The zero-order valence-corrected chi connectivity index (χ0v) is 12.5. The number of amides is 1. The molecule has 0 heterocycles. The number of carbonyl (C=O) groups is 1. The summed E-state index contributed by atoms with van der Waals surface area (Å²) in [7, 11) is -3.69. The third-order valence-electron chi connectivity index (χ3n) is 3.22. The van der Waals surface area contributed by atoms with Crippen molar-refractivity contribution in [3.8, 4) is 0 Å². The monoisotopic (exact) mass is 299 g/mol. The number of nitrogens with one attached hydrogen (secondary N) is 1. The Morgan fingerprint density at radius 2 is 1.85 bits per heavy atom. The van der Waals surface area contributed by atoms with Crippen molar-refractivity contribution in [3.05, 3.63) is 29.8 Å². The van der Waals surface area contributed by atoms with Gasteiger partial charge in [-0.3, -0.25) is 4.79 Å². The standard InChI is InChI=1S/C13H21N3O3S/c1-3-10(8-14)13(17)16-9(2)11-4-6-12(7-5-11)20(15,18)19/h4-7,9-10H,3,8,14H2,1-2H3,(H,16,17)(H2,15,18,19). The summed E-state index contributed by atoms with van der Waals surface area (Å²) in [6.45, 7) is 4.04. The van der Waals surface area contributed by atoms with E-state index in [0.29, 0.717) is 13.0 Å². The normalized spacial score (nSPS) is 14.6. The summed E-state index contributed by atoms with van der Waals surface area (Å²) in [5.74, 6) is -0.306. The Morgan fingerprint density at radius 1 is 1.30 bits per heavy atom. The van der Waals surface area contributed by atoms with E-state index in [4.69, 9.17) is 10.9 Å². The van der Waals surface area contributed by atoms with Gasteiger partial charge >= 0.3 is 0 Å². The lowest BCUT2D eigenvalue weighted by Gasteiger charge is -2.18. The molecular weight excluding hydrogens is 278 g/mol. The molecule has 1 aromatic rings. The van der Waals surface area contributed by atoms with Crippen LogP contribution in [0.4, 0.5) is 0 Å². The molecule has 0 aliphatic carbocycles. The number of nitrogens with two attached hydrogens (primary N) is 2. The van der Waals surface area contributed by atoms with Crippen molar-refractivity contribution in [2.24, 2.45) is 16.8 Å². The van der Waals surface area contributed by atoms with E-state index in [0.717, 1.165) is 5.56 Å². The first kappa shape index (κ1) is 16.6. The molecule has 2 unspecified atom stereocenters. The van der Waals surface area contributed by atoms with Crippen LogP contribution in [0, 0.1) is 5.92 Å². The number of carbonyl (C=O) groups excluding carboxylic acids is 1. The highest BCUT2D eigenvalue weighted by Gasteiger charge is 2.17. The molecule has 0 radical (unpaired) electrons. The van der Waals surface area contributed by atoms with E-state index >= 15 is 0 Å². The maximum Gasteiger partial charge on any atom is 0.238 e. The van der Waals surface area contributed by atoms with Gasteiger partial charge in [0.1, 0.15) is 0 Å². The van der Waals surface area contributed by atoms with Crippen LogP contribution in [0.1, 0.15) is 31.9 Å². The van der Waals surface area contributed by atoms with E-state index in [1.165, 1.54) is 12.1 Å². The maximum absolute atomic E-state index is 11.9. The molecular formula is C13H21N3O3S. The van der Waals surface area contributed by atoms with E-state index in [9.17, 15) is 13.2 Å². The summed E-state index contributed by atoms with van der Waals surface area (Å²) in [4.78, 5) is 12.0. The van der Waals surface area contributed by atoms with E-state index in [2.05, 4.69) is 5.32 Å². The fraction of sp³-hybridized carbons (Fsp3) is 0.462. The van der Waals surface area contributed by atoms with Crippen LogP contribution in [0.5, 0.6) is 0 Å². The molecule has 0 saturated heterocycles. The van der Waals surface area contributed by atoms with Gasteiger partial charge in [0.25, 0.3) is 0 Å². The van der Waals surface area contributed by atoms with Gasteiger partial charge in [-0.05, 0) is 31.0 Å². The minimum Gasteiger partial charge on any atom is -0.349 e. The average molecular weight is 299 g/mol. The second-order valence-electron chi connectivity index (χ2n) is 4.69. The fourth-order valence-corrected chi connectivity index (χ4v) is 2.34. The Morgan fingerprint density at radius 3 is 2.25 bits per heavy atom. The van der Waals surface area contributed by atoms with Crippen LogP contribution >= 0.6 is 0 Å². The highest BCUT2D eigenvalue weighted by atomic mass is 32.2. The molecule has 0 saturated carbocycles. The van der Waals surface area contributed by atoms with Crippen LogP contribution in [0.15, 0.2) is 29.2 Å². The first-order valence-corrected chi connectivity index (χ1v) is 7.97.